The number of fused-ring (bicyclic) bond motifs is 1. The van der Waals surface area contributed by atoms with E-state index in [-0.39, 0.29) is 5.57 Å². The molecule has 0 aliphatic heterocycles. The molecule has 2 heterocycles. The summed E-state index contributed by atoms with van der Waals surface area (Å²) in [6.45, 7) is 0.333. The van der Waals surface area contributed by atoms with Crippen molar-refractivity contribution in [2.45, 2.75) is 6.54 Å². The van der Waals surface area contributed by atoms with E-state index in [0.717, 1.165) is 22.0 Å². The Morgan fingerprint density at radius 2 is 2.17 bits per heavy atom. The number of nitriles is 1. The van der Waals surface area contributed by atoms with Gasteiger partial charge in [-0.25, -0.2) is 0 Å². The minimum Gasteiger partial charge on any atom is -0.361 e. The zero-order valence-corrected chi connectivity index (χ0v) is 12.3. The van der Waals surface area contributed by atoms with E-state index in [0.29, 0.717) is 6.54 Å². The van der Waals surface area contributed by atoms with Crippen LogP contribution in [0.3, 0.4) is 0 Å². The van der Waals surface area contributed by atoms with Gasteiger partial charge in [0.2, 0.25) is 0 Å². The van der Waals surface area contributed by atoms with Crippen molar-refractivity contribution in [1.29, 1.82) is 5.26 Å². The number of amides is 1. The Morgan fingerprint density at radius 1 is 1.30 bits per heavy atom. The number of aromatic amines is 1. The predicted molar refractivity (Wildman–Crippen MR) is 88.0 cm³/mol. The van der Waals surface area contributed by atoms with Gasteiger partial charge in [-0.1, -0.05) is 24.3 Å². The van der Waals surface area contributed by atoms with Crippen LogP contribution in [-0.4, -0.2) is 15.9 Å². The molecule has 3 rings (SSSR count). The number of benzene rings is 1. The molecule has 3 aromatic rings. The number of hydrogen-bond donors (Lipinski definition) is 2. The highest BCUT2D eigenvalue weighted by atomic mass is 16.1. The predicted octanol–water partition coefficient (Wildman–Crippen LogP) is 2.79. The number of pyridine rings is 1. The Morgan fingerprint density at radius 3 is 2.96 bits per heavy atom. The summed E-state index contributed by atoms with van der Waals surface area (Å²) < 4.78 is 0. The van der Waals surface area contributed by atoms with Crippen molar-refractivity contribution < 1.29 is 4.79 Å². The van der Waals surface area contributed by atoms with Gasteiger partial charge in [0.05, 0.1) is 0 Å². The molecule has 1 aromatic carbocycles. The van der Waals surface area contributed by atoms with Gasteiger partial charge in [0.1, 0.15) is 11.6 Å². The maximum atomic E-state index is 12.2. The Bertz CT molecular complexity index is 903. The lowest BCUT2D eigenvalue weighted by Crippen LogP contribution is -2.23. The van der Waals surface area contributed by atoms with Gasteiger partial charge >= 0.3 is 0 Å². The monoisotopic (exact) mass is 302 g/mol. The molecule has 0 bridgehead atoms. The molecule has 0 unspecified atom stereocenters. The molecule has 0 spiro atoms. The molecule has 5 heteroatoms. The van der Waals surface area contributed by atoms with Gasteiger partial charge in [0.15, 0.2) is 0 Å². The molecule has 0 aliphatic rings. The lowest BCUT2D eigenvalue weighted by atomic mass is 10.1. The number of nitrogens with zero attached hydrogens (tertiary/aromatic N) is 2. The molecule has 0 fully saturated rings. The van der Waals surface area contributed by atoms with Crippen molar-refractivity contribution in [2.24, 2.45) is 0 Å². The molecule has 2 aromatic heterocycles. The molecule has 23 heavy (non-hydrogen) atoms. The maximum absolute atomic E-state index is 12.2. The third kappa shape index (κ3) is 3.27. The Hall–Kier alpha value is -3.39. The van der Waals surface area contributed by atoms with E-state index in [1.54, 1.807) is 30.7 Å². The lowest BCUT2D eigenvalue weighted by molar-refractivity contribution is -0.117. The van der Waals surface area contributed by atoms with Crippen molar-refractivity contribution in [3.8, 4) is 6.07 Å². The van der Waals surface area contributed by atoms with Gasteiger partial charge in [0, 0.05) is 41.6 Å². The molecule has 0 atom stereocenters. The first-order chi connectivity index (χ1) is 11.3. The van der Waals surface area contributed by atoms with E-state index < -0.39 is 5.91 Å². The number of para-hydroxylation sites is 1. The van der Waals surface area contributed by atoms with Crippen LogP contribution in [0.1, 0.15) is 11.1 Å². The topological polar surface area (TPSA) is 81.6 Å². The van der Waals surface area contributed by atoms with Crippen LogP contribution >= 0.6 is 0 Å². The summed E-state index contributed by atoms with van der Waals surface area (Å²) in [7, 11) is 0. The summed E-state index contributed by atoms with van der Waals surface area (Å²) in [4.78, 5) is 19.3. The molecule has 0 aliphatic carbocycles. The third-order valence-electron chi connectivity index (χ3n) is 3.46. The van der Waals surface area contributed by atoms with Crippen molar-refractivity contribution in [3.05, 3.63) is 71.7 Å². The van der Waals surface area contributed by atoms with Crippen molar-refractivity contribution in [2.75, 3.05) is 0 Å². The van der Waals surface area contributed by atoms with Gasteiger partial charge in [0.25, 0.3) is 5.91 Å². The SMILES string of the molecule is N#C/C(=C\c1c[nH]c2ccccc12)C(=O)NCc1cccnc1. The van der Waals surface area contributed by atoms with Crippen LogP contribution in [0.4, 0.5) is 0 Å². The van der Waals surface area contributed by atoms with Crippen LogP contribution in [0.25, 0.3) is 17.0 Å². The summed E-state index contributed by atoms with van der Waals surface area (Å²) >= 11 is 0. The molecule has 5 nitrogen and oxygen atoms in total. The molecule has 2 N–H and O–H groups in total. The third-order valence-corrected chi connectivity index (χ3v) is 3.46. The van der Waals surface area contributed by atoms with E-state index in [4.69, 9.17) is 0 Å². The smallest absolute Gasteiger partial charge is 0.262 e. The van der Waals surface area contributed by atoms with E-state index in [1.807, 2.05) is 36.4 Å². The van der Waals surface area contributed by atoms with Crippen LogP contribution in [0.15, 0.2) is 60.6 Å². The van der Waals surface area contributed by atoms with Crippen molar-refractivity contribution in [1.82, 2.24) is 15.3 Å². The fourth-order valence-corrected chi connectivity index (χ4v) is 2.30. The first kappa shape index (κ1) is 14.5. The molecule has 0 saturated heterocycles. The molecular weight excluding hydrogens is 288 g/mol. The van der Waals surface area contributed by atoms with Gasteiger partial charge in [-0.15, -0.1) is 0 Å². The number of aromatic nitrogens is 2. The highest BCUT2D eigenvalue weighted by Crippen LogP contribution is 2.20. The van der Waals surface area contributed by atoms with Gasteiger partial charge in [-0.3, -0.25) is 9.78 Å². The fourth-order valence-electron chi connectivity index (χ4n) is 2.30. The second kappa shape index (κ2) is 6.58. The maximum Gasteiger partial charge on any atom is 0.262 e. The van der Waals surface area contributed by atoms with E-state index in [9.17, 15) is 10.1 Å². The van der Waals surface area contributed by atoms with Crippen molar-refractivity contribution in [3.63, 3.8) is 0 Å². The second-order valence-corrected chi connectivity index (χ2v) is 5.00. The summed E-state index contributed by atoms with van der Waals surface area (Å²) in [5.41, 5.74) is 2.73. The number of carbonyl (C=O) groups excluding carboxylic acids is 1. The Balaban J connectivity index is 1.79. The number of nitrogens with one attached hydrogen (secondary N) is 2. The van der Waals surface area contributed by atoms with Crippen LogP contribution in [0, 0.1) is 11.3 Å². The first-order valence-electron chi connectivity index (χ1n) is 7.13. The summed E-state index contributed by atoms with van der Waals surface area (Å²) in [5, 5.41) is 13.0. The standard InChI is InChI=1S/C18H14N4O/c19-9-14(18(23)22-11-13-4-3-7-20-10-13)8-15-12-21-17-6-2-1-5-16(15)17/h1-8,10,12,21H,11H2,(H,22,23)/b14-8+. The first-order valence-corrected chi connectivity index (χ1v) is 7.13. The second-order valence-electron chi connectivity index (χ2n) is 5.00. The molecule has 1 amide bonds. The summed E-state index contributed by atoms with van der Waals surface area (Å²) in [6.07, 6.45) is 6.73. The molecule has 0 radical (unpaired) electrons. The highest BCUT2D eigenvalue weighted by molar-refractivity contribution is 6.03. The van der Waals surface area contributed by atoms with Crippen LogP contribution in [0.5, 0.6) is 0 Å². The van der Waals surface area contributed by atoms with Crippen LogP contribution < -0.4 is 5.32 Å². The lowest BCUT2D eigenvalue weighted by Gasteiger charge is -2.03. The Labute approximate surface area is 133 Å². The largest absolute Gasteiger partial charge is 0.361 e. The summed E-state index contributed by atoms with van der Waals surface area (Å²) in [6, 6.07) is 13.4. The van der Waals surface area contributed by atoms with Crippen LogP contribution in [0.2, 0.25) is 0 Å². The zero-order chi connectivity index (χ0) is 16.1. The van der Waals surface area contributed by atoms with Gasteiger partial charge < -0.3 is 10.3 Å². The van der Waals surface area contributed by atoms with E-state index in [1.165, 1.54) is 0 Å². The van der Waals surface area contributed by atoms with E-state index in [2.05, 4.69) is 15.3 Å². The number of H-pyrrole nitrogens is 1. The average Bonchev–Trinajstić information content (AvgIpc) is 3.01. The number of rotatable bonds is 4. The molecule has 0 saturated carbocycles. The van der Waals surface area contributed by atoms with Gasteiger partial charge in [-0.2, -0.15) is 5.26 Å². The van der Waals surface area contributed by atoms with E-state index >= 15 is 0 Å². The van der Waals surface area contributed by atoms with Gasteiger partial charge in [-0.05, 0) is 23.8 Å². The van der Waals surface area contributed by atoms with Crippen molar-refractivity contribution >= 4 is 22.9 Å². The summed E-state index contributed by atoms with van der Waals surface area (Å²) in [5.74, 6) is -0.401. The minimum atomic E-state index is -0.401. The number of hydrogen-bond acceptors (Lipinski definition) is 3. The zero-order valence-electron chi connectivity index (χ0n) is 12.3. The Kier molecular flexibility index (Phi) is 4.16. The minimum absolute atomic E-state index is 0.0682. The molecular formula is C18H14N4O. The highest BCUT2D eigenvalue weighted by Gasteiger charge is 2.10. The number of carbonyl (C=O) groups is 1. The normalized spacial score (nSPS) is 11.2. The molecule has 112 valence electrons. The quantitative estimate of drug-likeness (QED) is 0.574. The fraction of sp³-hybridized carbons (Fsp3) is 0.0556. The van der Waals surface area contributed by atoms with Crippen LogP contribution in [-0.2, 0) is 11.3 Å². The average molecular weight is 302 g/mol.